The van der Waals surface area contributed by atoms with Crippen LogP contribution in [0.5, 0.6) is 0 Å². The summed E-state index contributed by atoms with van der Waals surface area (Å²) in [5, 5.41) is 11.0. The Morgan fingerprint density at radius 3 is 3.22 bits per heavy atom. The van der Waals surface area contributed by atoms with Crippen molar-refractivity contribution >= 4 is 11.3 Å². The van der Waals surface area contributed by atoms with Crippen LogP contribution in [-0.2, 0) is 29.2 Å². The Bertz CT molecular complexity index is 613. The Morgan fingerprint density at radius 1 is 1.52 bits per heavy atom. The minimum atomic E-state index is 0.155. The van der Waals surface area contributed by atoms with Crippen LogP contribution in [0.4, 0.5) is 0 Å². The molecule has 1 aliphatic heterocycles. The predicted octanol–water partition coefficient (Wildman–Crippen LogP) is 2.37. The van der Waals surface area contributed by atoms with Crippen molar-refractivity contribution in [2.75, 3.05) is 20.3 Å². The zero-order valence-corrected chi connectivity index (χ0v) is 14.5. The lowest BCUT2D eigenvalue weighted by molar-refractivity contribution is 0.0903. The van der Waals surface area contributed by atoms with Crippen LogP contribution in [0.15, 0.2) is 17.8 Å². The van der Waals surface area contributed by atoms with E-state index in [4.69, 9.17) is 9.47 Å². The Labute approximate surface area is 140 Å². The molecule has 0 amide bonds. The van der Waals surface area contributed by atoms with Gasteiger partial charge in [0.25, 0.3) is 0 Å². The van der Waals surface area contributed by atoms with E-state index in [1.165, 1.54) is 5.56 Å². The smallest absolute Gasteiger partial charge is 0.119 e. The zero-order valence-electron chi connectivity index (χ0n) is 13.7. The highest BCUT2D eigenvalue weighted by Crippen LogP contribution is 2.33. The van der Waals surface area contributed by atoms with Gasteiger partial charge in [-0.05, 0) is 13.3 Å². The van der Waals surface area contributed by atoms with Gasteiger partial charge in [0.15, 0.2) is 0 Å². The van der Waals surface area contributed by atoms with E-state index in [0.29, 0.717) is 12.5 Å². The van der Waals surface area contributed by atoms with E-state index in [-0.39, 0.29) is 6.10 Å². The number of nitrogens with one attached hydrogen (secondary N) is 1. The van der Waals surface area contributed by atoms with Crippen molar-refractivity contribution in [3.05, 3.63) is 34.0 Å². The summed E-state index contributed by atoms with van der Waals surface area (Å²) in [7, 11) is 1.69. The second-order valence-corrected chi connectivity index (χ2v) is 6.71. The van der Waals surface area contributed by atoms with Crippen LogP contribution in [0.25, 0.3) is 0 Å². The first-order chi connectivity index (χ1) is 11.3. The van der Waals surface area contributed by atoms with E-state index < -0.39 is 0 Å². The molecule has 7 heteroatoms. The third kappa shape index (κ3) is 4.17. The second-order valence-electron chi connectivity index (χ2n) is 5.77. The summed E-state index contributed by atoms with van der Waals surface area (Å²) in [6, 6.07) is 0. The molecular weight excluding hydrogens is 312 g/mol. The average Bonchev–Trinajstić information content (AvgIpc) is 3.27. The summed E-state index contributed by atoms with van der Waals surface area (Å²) in [5.41, 5.74) is 2.27. The number of thiazole rings is 1. The van der Waals surface area contributed by atoms with Crippen molar-refractivity contribution in [2.45, 2.75) is 39.1 Å². The molecule has 126 valence electrons. The van der Waals surface area contributed by atoms with Crippen LogP contribution in [-0.4, -0.2) is 35.0 Å². The SMILES string of the molecule is CCn1cc([C@@H]2OCC[C@H]2CNCc2csc(COC)n2)cn1. The molecule has 1 fully saturated rings. The number of aryl methyl sites for hydroxylation is 1. The topological polar surface area (TPSA) is 61.2 Å². The summed E-state index contributed by atoms with van der Waals surface area (Å²) >= 11 is 1.65. The highest BCUT2D eigenvalue weighted by atomic mass is 32.1. The van der Waals surface area contributed by atoms with Crippen molar-refractivity contribution in [2.24, 2.45) is 5.92 Å². The Kier molecular flexibility index (Phi) is 5.77. The van der Waals surface area contributed by atoms with Gasteiger partial charge in [-0.3, -0.25) is 4.68 Å². The summed E-state index contributed by atoms with van der Waals surface area (Å²) in [4.78, 5) is 4.54. The van der Waals surface area contributed by atoms with Gasteiger partial charge in [0.1, 0.15) is 5.01 Å². The molecule has 3 rings (SSSR count). The molecule has 1 N–H and O–H groups in total. The molecule has 3 heterocycles. The van der Waals surface area contributed by atoms with Gasteiger partial charge in [0, 0.05) is 56.4 Å². The first kappa shape index (κ1) is 16.6. The van der Waals surface area contributed by atoms with Crippen LogP contribution >= 0.6 is 11.3 Å². The monoisotopic (exact) mass is 336 g/mol. The van der Waals surface area contributed by atoms with Crippen molar-refractivity contribution in [3.8, 4) is 0 Å². The molecule has 2 aromatic heterocycles. The Balaban J connectivity index is 1.50. The first-order valence-electron chi connectivity index (χ1n) is 8.07. The van der Waals surface area contributed by atoms with Gasteiger partial charge < -0.3 is 14.8 Å². The molecule has 1 saturated heterocycles. The average molecular weight is 336 g/mol. The molecule has 0 radical (unpaired) electrons. The van der Waals surface area contributed by atoms with Crippen LogP contribution < -0.4 is 5.32 Å². The van der Waals surface area contributed by atoms with E-state index in [1.807, 2.05) is 10.9 Å². The Morgan fingerprint density at radius 2 is 2.43 bits per heavy atom. The maximum absolute atomic E-state index is 5.92. The van der Waals surface area contributed by atoms with Crippen LogP contribution in [0, 0.1) is 5.92 Å². The molecule has 0 aromatic carbocycles. The van der Waals surface area contributed by atoms with Crippen LogP contribution in [0.2, 0.25) is 0 Å². The number of hydrogen-bond donors (Lipinski definition) is 1. The van der Waals surface area contributed by atoms with E-state index in [2.05, 4.69) is 33.9 Å². The van der Waals surface area contributed by atoms with Gasteiger partial charge in [-0.25, -0.2) is 4.98 Å². The summed E-state index contributed by atoms with van der Waals surface area (Å²) in [5.74, 6) is 0.488. The lowest BCUT2D eigenvalue weighted by Crippen LogP contribution is -2.24. The molecule has 1 aliphatic rings. The molecule has 2 aromatic rings. The van der Waals surface area contributed by atoms with Crippen molar-refractivity contribution in [3.63, 3.8) is 0 Å². The third-order valence-electron chi connectivity index (χ3n) is 4.10. The number of methoxy groups -OCH3 is 1. The van der Waals surface area contributed by atoms with E-state index in [0.717, 1.165) is 43.4 Å². The van der Waals surface area contributed by atoms with Crippen LogP contribution in [0.3, 0.4) is 0 Å². The zero-order chi connectivity index (χ0) is 16.1. The largest absolute Gasteiger partial charge is 0.378 e. The van der Waals surface area contributed by atoms with Gasteiger partial charge in [0.2, 0.25) is 0 Å². The van der Waals surface area contributed by atoms with Crippen molar-refractivity contribution < 1.29 is 9.47 Å². The van der Waals surface area contributed by atoms with Crippen molar-refractivity contribution in [1.82, 2.24) is 20.1 Å². The minimum Gasteiger partial charge on any atom is -0.378 e. The van der Waals surface area contributed by atoms with E-state index in [9.17, 15) is 0 Å². The molecule has 0 saturated carbocycles. The van der Waals surface area contributed by atoms with Crippen molar-refractivity contribution in [1.29, 1.82) is 0 Å². The van der Waals surface area contributed by atoms with E-state index >= 15 is 0 Å². The number of ether oxygens (including phenoxy) is 2. The molecule has 2 atom stereocenters. The van der Waals surface area contributed by atoms with Gasteiger partial charge >= 0.3 is 0 Å². The van der Waals surface area contributed by atoms with Gasteiger partial charge in [-0.2, -0.15) is 5.10 Å². The fourth-order valence-corrected chi connectivity index (χ4v) is 3.68. The van der Waals surface area contributed by atoms with Crippen LogP contribution in [0.1, 0.15) is 35.7 Å². The van der Waals surface area contributed by atoms with Gasteiger partial charge in [-0.15, -0.1) is 11.3 Å². The first-order valence-corrected chi connectivity index (χ1v) is 8.95. The maximum Gasteiger partial charge on any atom is 0.119 e. The lowest BCUT2D eigenvalue weighted by Gasteiger charge is -2.17. The molecule has 6 nitrogen and oxygen atoms in total. The van der Waals surface area contributed by atoms with Gasteiger partial charge in [-0.1, -0.05) is 0 Å². The second kappa shape index (κ2) is 8.01. The fraction of sp³-hybridized carbons (Fsp3) is 0.625. The maximum atomic E-state index is 5.92. The standard InChI is InChI=1S/C16H24N4O2S/c1-3-20-9-13(7-18-20)16-12(4-5-22-16)6-17-8-14-11-23-15(19-14)10-21-2/h7,9,11-12,16-17H,3-6,8,10H2,1-2H3/t12-,16+/m0/s1. The normalized spacial score (nSPS) is 21.1. The summed E-state index contributed by atoms with van der Waals surface area (Å²) in [6.45, 7) is 6.12. The highest BCUT2D eigenvalue weighted by Gasteiger charge is 2.30. The third-order valence-corrected chi connectivity index (χ3v) is 4.97. The predicted molar refractivity (Wildman–Crippen MR) is 89.2 cm³/mol. The molecular formula is C16H24N4O2S. The molecule has 0 aliphatic carbocycles. The number of rotatable bonds is 8. The van der Waals surface area contributed by atoms with Gasteiger partial charge in [0.05, 0.1) is 24.6 Å². The number of hydrogen-bond acceptors (Lipinski definition) is 6. The molecule has 0 bridgehead atoms. The lowest BCUT2D eigenvalue weighted by atomic mass is 9.97. The molecule has 23 heavy (non-hydrogen) atoms. The Hall–Kier alpha value is -1.28. The van der Waals surface area contributed by atoms with E-state index in [1.54, 1.807) is 18.4 Å². The fourth-order valence-electron chi connectivity index (χ4n) is 2.92. The summed E-state index contributed by atoms with van der Waals surface area (Å²) < 4.78 is 13.0. The quantitative estimate of drug-likeness (QED) is 0.802. The number of nitrogens with zero attached hydrogens (tertiary/aromatic N) is 3. The summed E-state index contributed by atoms with van der Waals surface area (Å²) in [6.07, 6.45) is 5.27. The molecule has 0 unspecified atom stereocenters. The highest BCUT2D eigenvalue weighted by molar-refractivity contribution is 7.09. The number of aromatic nitrogens is 3. The molecule has 0 spiro atoms. The minimum absolute atomic E-state index is 0.155.